The van der Waals surface area contributed by atoms with Crippen LogP contribution >= 0.6 is 0 Å². The molecule has 0 N–H and O–H groups in total. The molecule has 1 nitrogen and oxygen atoms in total. The average molecular weight is 176 g/mol. The van der Waals surface area contributed by atoms with Crippen LogP contribution in [0.1, 0.15) is 43.4 Å². The van der Waals surface area contributed by atoms with Crippen molar-refractivity contribution in [3.8, 4) is 12.3 Å². The zero-order valence-electron chi connectivity index (χ0n) is 8.99. The summed E-state index contributed by atoms with van der Waals surface area (Å²) in [7, 11) is 0. The van der Waals surface area contributed by atoms with Crippen molar-refractivity contribution in [2.75, 3.05) is 0 Å². The maximum Gasteiger partial charge on any atom is 0.117 e. The third kappa shape index (κ3) is 1.62. The first-order valence-corrected chi connectivity index (χ1v) is 4.45. The van der Waals surface area contributed by atoms with Crippen molar-refractivity contribution in [1.29, 1.82) is 0 Å². The van der Waals surface area contributed by atoms with Gasteiger partial charge in [0.05, 0.1) is 5.56 Å². The molecule has 0 unspecified atom stereocenters. The molecule has 70 valence electrons. The molecular weight excluding hydrogens is 160 g/mol. The molecule has 0 aliphatic carbocycles. The van der Waals surface area contributed by atoms with Crippen molar-refractivity contribution >= 4 is 0 Å². The van der Waals surface area contributed by atoms with Gasteiger partial charge in [0, 0.05) is 11.0 Å². The fourth-order valence-corrected chi connectivity index (χ4v) is 1.58. The molecule has 0 radical (unpaired) electrons. The lowest BCUT2D eigenvalue weighted by Crippen LogP contribution is -2.11. The smallest absolute Gasteiger partial charge is 0.117 e. The van der Waals surface area contributed by atoms with Crippen LogP contribution < -0.4 is 0 Å². The summed E-state index contributed by atoms with van der Waals surface area (Å²) in [6.45, 7) is 10.3. The Morgan fingerprint density at radius 1 is 1.23 bits per heavy atom. The molecule has 0 bridgehead atoms. The lowest BCUT2D eigenvalue weighted by Gasteiger charge is -2.15. The Bertz CT molecular complexity index is 356. The number of hydrogen-bond donors (Lipinski definition) is 0. The van der Waals surface area contributed by atoms with Gasteiger partial charge in [-0.25, -0.2) is 0 Å². The van der Waals surface area contributed by atoms with E-state index in [-0.39, 0.29) is 5.41 Å². The molecule has 0 atom stereocenters. The Balaban J connectivity index is 3.37. The molecule has 1 aromatic heterocycles. The zero-order valence-corrected chi connectivity index (χ0v) is 8.99. The average Bonchev–Trinajstić information content (AvgIpc) is 2.25. The second kappa shape index (κ2) is 2.96. The maximum absolute atomic E-state index is 5.66. The van der Waals surface area contributed by atoms with Crippen molar-refractivity contribution in [3.05, 3.63) is 22.6 Å². The van der Waals surface area contributed by atoms with Gasteiger partial charge in [-0.15, -0.1) is 6.42 Å². The van der Waals surface area contributed by atoms with Gasteiger partial charge >= 0.3 is 0 Å². The van der Waals surface area contributed by atoms with Gasteiger partial charge in [-0.2, -0.15) is 0 Å². The van der Waals surface area contributed by atoms with Crippen molar-refractivity contribution in [3.63, 3.8) is 0 Å². The second-order valence-electron chi connectivity index (χ2n) is 4.38. The molecule has 0 amide bonds. The molecule has 1 heteroatoms. The van der Waals surface area contributed by atoms with Crippen LogP contribution in [0, 0.1) is 26.2 Å². The lowest BCUT2D eigenvalue weighted by atomic mass is 9.90. The van der Waals surface area contributed by atoms with E-state index in [1.165, 1.54) is 0 Å². The molecule has 0 fully saturated rings. The first-order valence-electron chi connectivity index (χ1n) is 4.45. The second-order valence-corrected chi connectivity index (χ2v) is 4.38. The van der Waals surface area contributed by atoms with E-state index < -0.39 is 0 Å². The molecule has 1 rings (SSSR count). The minimum atomic E-state index is 0.0317. The van der Waals surface area contributed by atoms with Crippen molar-refractivity contribution in [2.45, 2.75) is 40.0 Å². The molecule has 0 aliphatic heterocycles. The van der Waals surface area contributed by atoms with Gasteiger partial charge in [0.2, 0.25) is 0 Å². The van der Waals surface area contributed by atoms with Crippen LogP contribution in [0.4, 0.5) is 0 Å². The summed E-state index contributed by atoms with van der Waals surface area (Å²) in [6, 6.07) is 0. The van der Waals surface area contributed by atoms with Gasteiger partial charge in [0.15, 0.2) is 0 Å². The quantitative estimate of drug-likeness (QED) is 0.553. The molecule has 0 spiro atoms. The highest BCUT2D eigenvalue weighted by atomic mass is 16.3. The number of furan rings is 1. The summed E-state index contributed by atoms with van der Waals surface area (Å²) < 4.78 is 5.66. The Labute approximate surface area is 80.1 Å². The molecule has 0 saturated heterocycles. The van der Waals surface area contributed by atoms with Crippen LogP contribution in [0.3, 0.4) is 0 Å². The summed E-state index contributed by atoms with van der Waals surface area (Å²) in [5.41, 5.74) is 2.04. The van der Waals surface area contributed by atoms with E-state index in [0.29, 0.717) is 0 Å². The largest absolute Gasteiger partial charge is 0.464 e. The Morgan fingerprint density at radius 3 is 2.00 bits per heavy atom. The van der Waals surface area contributed by atoms with Gasteiger partial charge in [0.1, 0.15) is 11.5 Å². The van der Waals surface area contributed by atoms with Gasteiger partial charge in [-0.3, -0.25) is 0 Å². The third-order valence-electron chi connectivity index (χ3n) is 2.15. The number of terminal acetylenes is 1. The summed E-state index contributed by atoms with van der Waals surface area (Å²) in [6.07, 6.45) is 5.40. The first kappa shape index (κ1) is 9.92. The molecule has 13 heavy (non-hydrogen) atoms. The highest BCUT2D eigenvalue weighted by Gasteiger charge is 2.23. The number of rotatable bonds is 0. The van der Waals surface area contributed by atoms with Crippen LogP contribution in [0.2, 0.25) is 0 Å². The van der Waals surface area contributed by atoms with Crippen LogP contribution in [-0.4, -0.2) is 0 Å². The van der Waals surface area contributed by atoms with Crippen molar-refractivity contribution in [1.82, 2.24) is 0 Å². The highest BCUT2D eigenvalue weighted by Crippen LogP contribution is 2.31. The van der Waals surface area contributed by atoms with Gasteiger partial charge < -0.3 is 4.42 Å². The number of aryl methyl sites for hydroxylation is 1. The molecular formula is C12H16O. The molecule has 1 aromatic rings. The monoisotopic (exact) mass is 176 g/mol. The zero-order chi connectivity index (χ0) is 10.2. The van der Waals surface area contributed by atoms with E-state index in [4.69, 9.17) is 10.8 Å². The van der Waals surface area contributed by atoms with Crippen molar-refractivity contribution < 1.29 is 4.42 Å². The first-order chi connectivity index (χ1) is 5.88. The van der Waals surface area contributed by atoms with Crippen LogP contribution in [0.25, 0.3) is 0 Å². The minimum Gasteiger partial charge on any atom is -0.464 e. The van der Waals surface area contributed by atoms with Gasteiger partial charge in [0.25, 0.3) is 0 Å². The standard InChI is InChI=1S/C12H16O/c1-7-10-8(2)11(12(4,5)6)13-9(10)3/h1H,2-6H3. The van der Waals surface area contributed by atoms with E-state index >= 15 is 0 Å². The number of hydrogen-bond acceptors (Lipinski definition) is 1. The van der Waals surface area contributed by atoms with E-state index in [9.17, 15) is 0 Å². The predicted octanol–water partition coefficient (Wildman–Crippen LogP) is 3.18. The van der Waals surface area contributed by atoms with E-state index in [1.807, 2.05) is 13.8 Å². The van der Waals surface area contributed by atoms with E-state index in [0.717, 1.165) is 22.6 Å². The van der Waals surface area contributed by atoms with Crippen molar-refractivity contribution in [2.24, 2.45) is 0 Å². The van der Waals surface area contributed by atoms with E-state index in [1.54, 1.807) is 0 Å². The molecule has 0 saturated carbocycles. The highest BCUT2D eigenvalue weighted by molar-refractivity contribution is 5.45. The third-order valence-corrected chi connectivity index (χ3v) is 2.15. The Hall–Kier alpha value is -1.16. The van der Waals surface area contributed by atoms with E-state index in [2.05, 4.69) is 26.7 Å². The van der Waals surface area contributed by atoms with Gasteiger partial charge in [-0.1, -0.05) is 26.7 Å². The Kier molecular flexibility index (Phi) is 2.26. The van der Waals surface area contributed by atoms with Crippen LogP contribution in [0.15, 0.2) is 4.42 Å². The summed E-state index contributed by atoms with van der Waals surface area (Å²) in [5, 5.41) is 0. The Morgan fingerprint density at radius 2 is 1.77 bits per heavy atom. The van der Waals surface area contributed by atoms with Gasteiger partial charge in [-0.05, 0) is 13.8 Å². The lowest BCUT2D eigenvalue weighted by molar-refractivity contribution is 0.393. The fraction of sp³-hybridized carbons (Fsp3) is 0.500. The summed E-state index contributed by atoms with van der Waals surface area (Å²) >= 11 is 0. The maximum atomic E-state index is 5.66. The molecule has 1 heterocycles. The molecule has 0 aliphatic rings. The predicted molar refractivity (Wildman–Crippen MR) is 54.8 cm³/mol. The van der Waals surface area contributed by atoms with Crippen LogP contribution in [-0.2, 0) is 5.41 Å². The fourth-order valence-electron chi connectivity index (χ4n) is 1.58. The normalized spacial score (nSPS) is 11.4. The SMILES string of the molecule is C#Cc1c(C)oc(C(C)(C)C)c1C. The summed E-state index contributed by atoms with van der Waals surface area (Å²) in [5.74, 6) is 4.51. The minimum absolute atomic E-state index is 0.0317. The summed E-state index contributed by atoms with van der Waals surface area (Å²) in [4.78, 5) is 0. The molecule has 0 aromatic carbocycles. The van der Waals surface area contributed by atoms with Crippen LogP contribution in [0.5, 0.6) is 0 Å². The topological polar surface area (TPSA) is 13.1 Å².